The SMILES string of the molecule is Cc1ccc(-c2sc(NC(=O)CC3CCCC3)nc2C)cc1S(=O)(=O)Nc1ccc(Cl)cc1F. The Morgan fingerprint density at radius 1 is 1.18 bits per heavy atom. The average molecular weight is 522 g/mol. The van der Waals surface area contributed by atoms with Crippen LogP contribution in [0.4, 0.5) is 15.2 Å². The summed E-state index contributed by atoms with van der Waals surface area (Å²) in [5, 5.41) is 3.54. The van der Waals surface area contributed by atoms with Crippen LogP contribution < -0.4 is 10.0 Å². The van der Waals surface area contributed by atoms with Crippen LogP contribution in [0, 0.1) is 25.6 Å². The van der Waals surface area contributed by atoms with Gasteiger partial charge in [-0.25, -0.2) is 17.8 Å². The summed E-state index contributed by atoms with van der Waals surface area (Å²) in [4.78, 5) is 17.7. The van der Waals surface area contributed by atoms with Crippen molar-refractivity contribution in [3.63, 3.8) is 0 Å². The van der Waals surface area contributed by atoms with Gasteiger partial charge < -0.3 is 5.32 Å². The van der Waals surface area contributed by atoms with Crippen LogP contribution in [-0.4, -0.2) is 19.3 Å². The molecule has 1 aromatic heterocycles. The van der Waals surface area contributed by atoms with Gasteiger partial charge in [0.05, 0.1) is 21.2 Å². The van der Waals surface area contributed by atoms with E-state index in [0.717, 1.165) is 23.8 Å². The predicted octanol–water partition coefficient (Wildman–Crippen LogP) is 6.54. The average Bonchev–Trinajstić information content (AvgIpc) is 3.39. The van der Waals surface area contributed by atoms with E-state index in [4.69, 9.17) is 11.6 Å². The van der Waals surface area contributed by atoms with E-state index < -0.39 is 15.8 Å². The van der Waals surface area contributed by atoms with Crippen molar-refractivity contribution in [3.05, 3.63) is 58.5 Å². The third-order valence-electron chi connectivity index (χ3n) is 5.91. The fourth-order valence-corrected chi connectivity index (χ4v) is 6.64. The van der Waals surface area contributed by atoms with Gasteiger partial charge in [0.15, 0.2) is 5.13 Å². The Balaban J connectivity index is 1.57. The van der Waals surface area contributed by atoms with E-state index >= 15 is 0 Å². The van der Waals surface area contributed by atoms with E-state index in [1.54, 1.807) is 13.0 Å². The van der Waals surface area contributed by atoms with Crippen LogP contribution >= 0.6 is 22.9 Å². The number of amides is 1. The Bertz CT molecular complexity index is 1340. The molecule has 6 nitrogen and oxygen atoms in total. The van der Waals surface area contributed by atoms with Crippen molar-refractivity contribution in [1.29, 1.82) is 0 Å². The number of halogens is 2. The second-order valence-corrected chi connectivity index (χ2v) is 11.6. The van der Waals surface area contributed by atoms with Gasteiger partial charge in [-0.3, -0.25) is 9.52 Å². The summed E-state index contributed by atoms with van der Waals surface area (Å²) in [6.45, 7) is 3.48. The van der Waals surface area contributed by atoms with E-state index in [1.807, 2.05) is 13.0 Å². The van der Waals surface area contributed by atoms with Crippen molar-refractivity contribution >= 4 is 49.7 Å². The quantitative estimate of drug-likeness (QED) is 0.369. The molecule has 4 rings (SSSR count). The predicted molar refractivity (Wildman–Crippen MR) is 134 cm³/mol. The van der Waals surface area contributed by atoms with E-state index in [1.165, 1.54) is 42.4 Å². The first-order valence-electron chi connectivity index (χ1n) is 11.0. The molecule has 2 N–H and O–H groups in total. The van der Waals surface area contributed by atoms with Gasteiger partial charge in [-0.05, 0) is 68.0 Å². The topological polar surface area (TPSA) is 88.2 Å². The van der Waals surface area contributed by atoms with Crippen LogP contribution in [0.25, 0.3) is 10.4 Å². The van der Waals surface area contributed by atoms with Crippen molar-refractivity contribution < 1.29 is 17.6 Å². The lowest BCUT2D eigenvalue weighted by atomic mass is 10.0. The zero-order valence-corrected chi connectivity index (χ0v) is 21.2. The van der Waals surface area contributed by atoms with Crippen molar-refractivity contribution in [3.8, 4) is 10.4 Å². The second-order valence-electron chi connectivity index (χ2n) is 8.55. The molecule has 1 saturated carbocycles. The lowest BCUT2D eigenvalue weighted by Crippen LogP contribution is -2.15. The smallest absolute Gasteiger partial charge is 0.262 e. The molecule has 1 fully saturated rings. The normalized spacial score (nSPS) is 14.4. The molecule has 0 aliphatic heterocycles. The molecule has 0 spiro atoms. The Hall–Kier alpha value is -2.49. The number of thiazole rings is 1. The molecule has 3 aromatic rings. The number of carbonyl (C=O) groups excluding carboxylic acids is 1. The molecule has 0 atom stereocenters. The first-order valence-corrected chi connectivity index (χ1v) is 13.7. The number of carbonyl (C=O) groups is 1. The van der Waals surface area contributed by atoms with Crippen molar-refractivity contribution in [2.75, 3.05) is 10.0 Å². The first-order chi connectivity index (χ1) is 16.1. The summed E-state index contributed by atoms with van der Waals surface area (Å²) < 4.78 is 42.6. The Labute approximate surface area is 207 Å². The lowest BCUT2D eigenvalue weighted by Gasteiger charge is -2.12. The number of aryl methyl sites for hydroxylation is 2. The molecule has 1 aliphatic rings. The van der Waals surface area contributed by atoms with Gasteiger partial charge in [0.2, 0.25) is 5.91 Å². The number of rotatable bonds is 7. The largest absolute Gasteiger partial charge is 0.302 e. The number of hydrogen-bond donors (Lipinski definition) is 2. The highest BCUT2D eigenvalue weighted by Crippen LogP contribution is 2.36. The number of benzene rings is 2. The summed E-state index contributed by atoms with van der Waals surface area (Å²) in [5.74, 6) is -0.377. The summed E-state index contributed by atoms with van der Waals surface area (Å²) in [6.07, 6.45) is 5.02. The monoisotopic (exact) mass is 521 g/mol. The van der Waals surface area contributed by atoms with E-state index in [-0.39, 0.29) is 21.5 Å². The van der Waals surface area contributed by atoms with Gasteiger partial charge in [0.25, 0.3) is 10.0 Å². The third kappa shape index (κ3) is 5.59. The molecular weight excluding hydrogens is 497 g/mol. The number of sulfonamides is 1. The molecular formula is C24H25ClFN3O3S2. The van der Waals surface area contributed by atoms with Gasteiger partial charge >= 0.3 is 0 Å². The van der Waals surface area contributed by atoms with Crippen LogP contribution in [0.5, 0.6) is 0 Å². The molecule has 1 heterocycles. The minimum Gasteiger partial charge on any atom is -0.302 e. The van der Waals surface area contributed by atoms with Crippen LogP contribution in [0.15, 0.2) is 41.3 Å². The van der Waals surface area contributed by atoms with Crippen LogP contribution in [0.3, 0.4) is 0 Å². The summed E-state index contributed by atoms with van der Waals surface area (Å²) >= 11 is 7.06. The highest BCUT2D eigenvalue weighted by Gasteiger charge is 2.22. The molecule has 10 heteroatoms. The summed E-state index contributed by atoms with van der Waals surface area (Å²) in [7, 11) is -4.07. The standard InChI is InChI=1S/C24H25ClFN3O3S2/c1-14-7-8-17(12-21(14)34(31,32)29-20-10-9-18(25)13-19(20)26)23-15(2)27-24(33-23)28-22(30)11-16-5-3-4-6-16/h7-10,12-13,16,29H,3-6,11H2,1-2H3,(H,27,28,30). The Morgan fingerprint density at radius 3 is 2.62 bits per heavy atom. The first kappa shape index (κ1) is 24.6. The van der Waals surface area contributed by atoms with Crippen molar-refractivity contribution in [2.45, 2.75) is 50.8 Å². The lowest BCUT2D eigenvalue weighted by molar-refractivity contribution is -0.117. The molecule has 1 aliphatic carbocycles. The van der Waals surface area contributed by atoms with Gasteiger partial charge in [0.1, 0.15) is 5.82 Å². The van der Waals surface area contributed by atoms with Crippen LogP contribution in [0.1, 0.15) is 43.4 Å². The van der Waals surface area contributed by atoms with Crippen molar-refractivity contribution in [2.24, 2.45) is 5.92 Å². The third-order valence-corrected chi connectivity index (χ3v) is 8.77. The van der Waals surface area contributed by atoms with E-state index in [0.29, 0.717) is 34.3 Å². The fraction of sp³-hybridized carbons (Fsp3) is 0.333. The molecule has 34 heavy (non-hydrogen) atoms. The van der Waals surface area contributed by atoms with E-state index in [2.05, 4.69) is 15.0 Å². The molecule has 0 bridgehead atoms. The molecule has 180 valence electrons. The van der Waals surface area contributed by atoms with Gasteiger partial charge in [-0.1, -0.05) is 47.9 Å². The zero-order valence-electron chi connectivity index (χ0n) is 18.8. The number of nitrogens with zero attached hydrogens (tertiary/aromatic N) is 1. The minimum atomic E-state index is -4.07. The maximum atomic E-state index is 14.2. The summed E-state index contributed by atoms with van der Waals surface area (Å²) in [6, 6.07) is 8.78. The second kappa shape index (κ2) is 10.0. The van der Waals surface area contributed by atoms with Crippen LogP contribution in [-0.2, 0) is 14.8 Å². The van der Waals surface area contributed by atoms with Crippen molar-refractivity contribution in [1.82, 2.24) is 4.98 Å². The number of anilines is 2. The Morgan fingerprint density at radius 2 is 1.91 bits per heavy atom. The van der Waals surface area contributed by atoms with Gasteiger partial charge in [0, 0.05) is 11.4 Å². The van der Waals surface area contributed by atoms with Crippen LogP contribution in [0.2, 0.25) is 5.02 Å². The number of aromatic nitrogens is 1. The highest BCUT2D eigenvalue weighted by atomic mass is 35.5. The zero-order chi connectivity index (χ0) is 24.5. The summed E-state index contributed by atoms with van der Waals surface area (Å²) in [5.41, 5.74) is 1.66. The van der Waals surface area contributed by atoms with Gasteiger partial charge in [-0.15, -0.1) is 0 Å². The molecule has 0 saturated heterocycles. The minimum absolute atomic E-state index is 0.0268. The molecule has 1 amide bonds. The molecule has 0 radical (unpaired) electrons. The highest BCUT2D eigenvalue weighted by molar-refractivity contribution is 7.92. The maximum Gasteiger partial charge on any atom is 0.262 e. The molecule has 2 aromatic carbocycles. The maximum absolute atomic E-state index is 14.2. The molecule has 0 unspecified atom stereocenters. The Kier molecular flexibility index (Phi) is 7.25. The number of nitrogens with one attached hydrogen (secondary N) is 2. The van der Waals surface area contributed by atoms with Gasteiger partial charge in [-0.2, -0.15) is 0 Å². The van der Waals surface area contributed by atoms with E-state index in [9.17, 15) is 17.6 Å². The number of hydrogen-bond acceptors (Lipinski definition) is 5. The fourth-order valence-electron chi connectivity index (χ4n) is 4.17.